The van der Waals surface area contributed by atoms with E-state index >= 15 is 0 Å². The van der Waals surface area contributed by atoms with Gasteiger partial charge in [-0.25, -0.2) is 0 Å². The molecule has 0 bridgehead atoms. The lowest BCUT2D eigenvalue weighted by Crippen LogP contribution is -1.99. The fourth-order valence-corrected chi connectivity index (χ4v) is 0.552. The van der Waals surface area contributed by atoms with E-state index in [1.54, 1.807) is 0 Å². The fraction of sp³-hybridized carbons (Fsp3) is 0.667. The smallest absolute Gasteiger partial charge is 0.440 e. The highest BCUT2D eigenvalue weighted by molar-refractivity contribution is 5.67. The van der Waals surface area contributed by atoms with Crippen LogP contribution in [0.1, 0.15) is 25.7 Å². The minimum absolute atomic E-state index is 0.0628. The molecule has 15 heavy (non-hydrogen) atoms. The lowest BCUT2D eigenvalue weighted by Gasteiger charge is -1.92. The Morgan fingerprint density at radius 2 is 1.07 bits per heavy atom. The molecule has 0 unspecified atom stereocenters. The number of nitrogens with zero attached hydrogens (tertiary/aromatic N) is 1. The summed E-state index contributed by atoms with van der Waals surface area (Å²) in [6, 6.07) is 0. The zero-order chi connectivity index (χ0) is 12.5. The molecule has 0 amide bonds. The van der Waals surface area contributed by atoms with Gasteiger partial charge in [-0.05, 0) is 12.8 Å². The van der Waals surface area contributed by atoms with Crippen LogP contribution >= 0.6 is 0 Å². The first-order valence-electron chi connectivity index (χ1n) is 3.74. The van der Waals surface area contributed by atoms with Gasteiger partial charge in [0, 0.05) is 12.8 Å². The maximum atomic E-state index is 9.90. The Hall–Kier alpha value is -1.38. The molecule has 5 nitrogen and oxygen atoms in total. The zero-order valence-electron chi connectivity index (χ0n) is 7.50. The first kappa shape index (κ1) is 16.1. The van der Waals surface area contributed by atoms with Crippen molar-refractivity contribution in [3.8, 4) is 0 Å². The van der Waals surface area contributed by atoms with Crippen molar-refractivity contribution in [2.24, 2.45) is 0 Å². The molecular formula is C6H10F4NO4+. The van der Waals surface area contributed by atoms with Gasteiger partial charge in [-0.15, -0.1) is 0 Å². The van der Waals surface area contributed by atoms with Gasteiger partial charge in [0.1, 0.15) is 17.9 Å². The third-order valence-corrected chi connectivity index (χ3v) is 1.03. The lowest BCUT2D eigenvalue weighted by atomic mass is 10.2. The maximum Gasteiger partial charge on any atom is 0.440 e. The first-order chi connectivity index (χ1) is 6.63. The van der Waals surface area contributed by atoms with E-state index in [2.05, 4.69) is 0 Å². The molecule has 0 aliphatic carbocycles. The van der Waals surface area contributed by atoms with Crippen molar-refractivity contribution in [3.63, 3.8) is 0 Å². The van der Waals surface area contributed by atoms with Gasteiger partial charge < -0.3 is 10.2 Å². The van der Waals surface area contributed by atoms with Crippen LogP contribution in [-0.4, -0.2) is 27.5 Å². The van der Waals surface area contributed by atoms with Crippen LogP contribution in [0, 0.1) is 0 Å². The number of carboxylic acid groups (broad SMARTS) is 2. The molecule has 0 spiro atoms. The number of quaternary nitrogens is 1. The summed E-state index contributed by atoms with van der Waals surface area (Å²) in [4.78, 5) is 19.8. The second-order valence-electron chi connectivity index (χ2n) is 2.38. The van der Waals surface area contributed by atoms with E-state index < -0.39 is 17.3 Å². The van der Waals surface area contributed by atoms with Crippen molar-refractivity contribution < 1.29 is 43.1 Å². The average Bonchev–Trinajstić information content (AvgIpc) is 1.94. The van der Waals surface area contributed by atoms with Gasteiger partial charge in [0.05, 0.1) is 0 Å². The molecule has 0 aliphatic rings. The number of aliphatic carboxylic acids is 2. The van der Waals surface area contributed by atoms with Crippen LogP contribution in [0.4, 0.5) is 17.9 Å². The second kappa shape index (κ2) is 7.97. The van der Waals surface area contributed by atoms with Gasteiger partial charge in [0.15, 0.2) is 0 Å². The van der Waals surface area contributed by atoms with Crippen LogP contribution in [0.3, 0.4) is 0 Å². The number of halogens is 4. The topological polar surface area (TPSA) is 74.6 Å². The number of carboxylic acids is 2. The van der Waals surface area contributed by atoms with Gasteiger partial charge in [-0.3, -0.25) is 9.59 Å². The van der Waals surface area contributed by atoms with E-state index in [1.165, 1.54) is 0 Å². The third-order valence-electron chi connectivity index (χ3n) is 1.03. The minimum Gasteiger partial charge on any atom is -0.481 e. The van der Waals surface area contributed by atoms with E-state index in [-0.39, 0.29) is 12.8 Å². The molecule has 0 saturated heterocycles. The normalized spacial score (nSPS) is 10.1. The van der Waals surface area contributed by atoms with Crippen LogP contribution in [0.5, 0.6) is 0 Å². The molecule has 0 saturated carbocycles. The summed E-state index contributed by atoms with van der Waals surface area (Å²) in [5.74, 6) is -1.74. The standard InChI is InChI=1S/C6H10O4.F4N/c7-5(8)3-1-2-4-6(9)10;1-5(2,3)4/h1-4H2,(H,7,8)(H,9,10);/q;+1. The monoisotopic (exact) mass is 236 g/mol. The van der Waals surface area contributed by atoms with Gasteiger partial charge in [-0.1, -0.05) is 0 Å². The quantitative estimate of drug-likeness (QED) is 0.435. The Bertz CT molecular complexity index is 184. The van der Waals surface area contributed by atoms with Crippen molar-refractivity contribution in [2.45, 2.75) is 25.7 Å². The summed E-state index contributed by atoms with van der Waals surface area (Å²) in [6.45, 7) is 0. The summed E-state index contributed by atoms with van der Waals surface area (Å²) >= 11 is 0. The molecule has 2 N–H and O–H groups in total. The van der Waals surface area contributed by atoms with Crippen LogP contribution in [0.15, 0.2) is 0 Å². The molecule has 90 valence electrons. The van der Waals surface area contributed by atoms with E-state index in [4.69, 9.17) is 10.2 Å². The summed E-state index contributed by atoms with van der Waals surface area (Å²) < 4.78 is 38.5. The van der Waals surface area contributed by atoms with Crippen LogP contribution in [0.25, 0.3) is 0 Å². The van der Waals surface area contributed by atoms with E-state index in [0.717, 1.165) is 0 Å². The number of hydrogen-bond donors (Lipinski definition) is 2. The maximum absolute atomic E-state index is 9.90. The van der Waals surface area contributed by atoms with Crippen molar-refractivity contribution in [1.82, 2.24) is 0 Å². The van der Waals surface area contributed by atoms with Gasteiger partial charge >= 0.3 is 17.3 Å². The molecule has 0 radical (unpaired) electrons. The van der Waals surface area contributed by atoms with Crippen LogP contribution < -0.4 is 0 Å². The highest BCUT2D eigenvalue weighted by Gasteiger charge is 2.30. The Kier molecular flexibility index (Phi) is 8.54. The lowest BCUT2D eigenvalue weighted by molar-refractivity contribution is -1.36. The van der Waals surface area contributed by atoms with Gasteiger partial charge in [0.2, 0.25) is 0 Å². The SMILES string of the molecule is F[N+](F)(F)F.O=C(O)CCCCC(=O)O. The van der Waals surface area contributed by atoms with Gasteiger partial charge in [-0.2, -0.15) is 0 Å². The minimum atomic E-state index is -5.00. The van der Waals surface area contributed by atoms with Crippen molar-refractivity contribution in [3.05, 3.63) is 0 Å². The molecule has 0 aromatic heterocycles. The highest BCUT2D eigenvalue weighted by Crippen LogP contribution is 2.08. The highest BCUT2D eigenvalue weighted by atomic mass is 19.7. The van der Waals surface area contributed by atoms with Crippen molar-refractivity contribution in [1.29, 1.82) is 0 Å². The van der Waals surface area contributed by atoms with Crippen molar-refractivity contribution in [2.75, 3.05) is 0 Å². The average molecular weight is 236 g/mol. The van der Waals surface area contributed by atoms with Crippen molar-refractivity contribution >= 4 is 11.9 Å². The second-order valence-corrected chi connectivity index (χ2v) is 2.38. The largest absolute Gasteiger partial charge is 0.481 e. The first-order valence-corrected chi connectivity index (χ1v) is 3.74. The summed E-state index contributed by atoms with van der Waals surface area (Å²) in [5.41, 5.74) is 0. The predicted octanol–water partition coefficient (Wildman–Crippen LogP) is 2.06. The number of hydrogen-bond acceptors (Lipinski definition) is 2. The Morgan fingerprint density at radius 3 is 1.20 bits per heavy atom. The number of unbranched alkanes of at least 4 members (excludes halogenated alkanes) is 1. The molecule has 0 atom stereocenters. The molecule has 0 fully saturated rings. The van der Waals surface area contributed by atoms with E-state index in [9.17, 15) is 27.5 Å². The molecule has 9 heteroatoms. The zero-order valence-corrected chi connectivity index (χ0v) is 7.50. The Balaban J connectivity index is 0. The predicted molar refractivity (Wildman–Crippen MR) is 38.4 cm³/mol. The summed E-state index contributed by atoms with van der Waals surface area (Å²) in [6.07, 6.45) is 1.02. The van der Waals surface area contributed by atoms with Crippen LogP contribution in [0.2, 0.25) is 0 Å². The molecular weight excluding hydrogens is 226 g/mol. The van der Waals surface area contributed by atoms with E-state index in [0.29, 0.717) is 12.8 Å². The van der Waals surface area contributed by atoms with E-state index in [1.807, 2.05) is 0 Å². The molecule has 0 aliphatic heterocycles. The molecule has 0 rings (SSSR count). The molecule has 0 aromatic rings. The fourth-order valence-electron chi connectivity index (χ4n) is 0.552. The molecule has 0 heterocycles. The van der Waals surface area contributed by atoms with Crippen LogP contribution in [-0.2, 0) is 9.59 Å². The summed E-state index contributed by atoms with van der Waals surface area (Å²) in [5, 5.41) is 11.3. The summed E-state index contributed by atoms with van der Waals surface area (Å²) in [7, 11) is 0. The number of rotatable bonds is 5. The molecule has 0 aromatic carbocycles. The van der Waals surface area contributed by atoms with Gasteiger partial charge in [0.25, 0.3) is 0 Å². The third kappa shape index (κ3) is 45.1. The number of carbonyl (C=O) groups is 2. The Morgan fingerprint density at radius 1 is 0.867 bits per heavy atom. The Labute approximate surface area is 81.9 Å².